The fraction of sp³-hybridized carbons (Fsp3) is 0.538. The van der Waals surface area contributed by atoms with Crippen LogP contribution in [0.15, 0.2) is 23.1 Å². The van der Waals surface area contributed by atoms with Gasteiger partial charge in [0.15, 0.2) is 0 Å². The Kier molecular flexibility index (Phi) is 5.90. The van der Waals surface area contributed by atoms with Crippen LogP contribution in [0.1, 0.15) is 29.9 Å². The van der Waals surface area contributed by atoms with Gasteiger partial charge in [0, 0.05) is 12.2 Å². The van der Waals surface area contributed by atoms with E-state index in [9.17, 15) is 0 Å². The highest BCUT2D eigenvalue weighted by Crippen LogP contribution is 2.15. The monoisotopic (exact) mass is 223 g/mol. The molecule has 3 nitrogen and oxygen atoms in total. The van der Waals surface area contributed by atoms with Crippen molar-refractivity contribution in [1.29, 1.82) is 0 Å². The molecule has 0 spiro atoms. The second-order valence-corrected chi connectivity index (χ2v) is 3.81. The first-order chi connectivity index (χ1) is 7.77. The smallest absolute Gasteiger partial charge is 0.118 e. The van der Waals surface area contributed by atoms with E-state index < -0.39 is 0 Å². The number of nitrogens with one attached hydrogen (secondary N) is 1. The fourth-order valence-corrected chi connectivity index (χ4v) is 1.50. The van der Waals surface area contributed by atoms with Crippen molar-refractivity contribution in [3.05, 3.63) is 35.8 Å². The molecule has 0 bridgehead atoms. The van der Waals surface area contributed by atoms with Gasteiger partial charge in [0.25, 0.3) is 0 Å². The summed E-state index contributed by atoms with van der Waals surface area (Å²) in [6.07, 6.45) is 3.95. The van der Waals surface area contributed by atoms with Crippen LogP contribution < -0.4 is 5.32 Å². The molecule has 0 saturated carbocycles. The minimum absolute atomic E-state index is 0.635. The van der Waals surface area contributed by atoms with Crippen LogP contribution >= 0.6 is 0 Å². The number of allylic oxidation sites excluding steroid dienone is 1. The van der Waals surface area contributed by atoms with Crippen LogP contribution in [0, 0.1) is 6.92 Å². The van der Waals surface area contributed by atoms with E-state index in [2.05, 4.69) is 18.0 Å². The van der Waals surface area contributed by atoms with Crippen molar-refractivity contribution in [2.75, 3.05) is 13.7 Å². The second-order valence-electron chi connectivity index (χ2n) is 3.81. The lowest BCUT2D eigenvalue weighted by Crippen LogP contribution is -2.03. The molecule has 0 fully saturated rings. The predicted molar refractivity (Wildman–Crippen MR) is 65.3 cm³/mol. The Balaban J connectivity index is 2.32. The van der Waals surface area contributed by atoms with Crippen LogP contribution in [-0.4, -0.2) is 13.7 Å². The summed E-state index contributed by atoms with van der Waals surface area (Å²) in [5.41, 5.74) is 1.14. The van der Waals surface area contributed by atoms with Gasteiger partial charge in [0.05, 0.1) is 13.2 Å². The van der Waals surface area contributed by atoms with Gasteiger partial charge in [-0.1, -0.05) is 6.08 Å². The summed E-state index contributed by atoms with van der Waals surface area (Å²) in [5.74, 6) is 1.92. The Bertz CT molecular complexity index is 318. The third-order valence-electron chi connectivity index (χ3n) is 2.38. The summed E-state index contributed by atoms with van der Waals surface area (Å²) in [6.45, 7) is 7.82. The van der Waals surface area contributed by atoms with Crippen LogP contribution in [0.4, 0.5) is 0 Å². The number of aryl methyl sites for hydroxylation is 1. The van der Waals surface area contributed by atoms with E-state index in [1.807, 2.05) is 20.0 Å². The van der Waals surface area contributed by atoms with Crippen molar-refractivity contribution in [2.24, 2.45) is 0 Å². The summed E-state index contributed by atoms with van der Waals surface area (Å²) in [5, 5.41) is 3.06. The third kappa shape index (κ3) is 4.21. The van der Waals surface area contributed by atoms with E-state index in [-0.39, 0.29) is 0 Å². The highest BCUT2D eigenvalue weighted by atomic mass is 16.5. The molecule has 1 rings (SSSR count). The zero-order valence-corrected chi connectivity index (χ0v) is 10.2. The minimum Gasteiger partial charge on any atom is -0.465 e. The van der Waals surface area contributed by atoms with Gasteiger partial charge in [-0.3, -0.25) is 0 Å². The Hall–Kier alpha value is -1.06. The number of unbranched alkanes of at least 4 members (excludes halogenated alkanes) is 1. The SMILES string of the molecule is C=CCCCOCc1cc(CNC)oc1C. The Morgan fingerprint density at radius 3 is 3.06 bits per heavy atom. The van der Waals surface area contributed by atoms with Crippen LogP contribution in [0.2, 0.25) is 0 Å². The zero-order valence-electron chi connectivity index (χ0n) is 10.2. The van der Waals surface area contributed by atoms with Crippen molar-refractivity contribution in [3.63, 3.8) is 0 Å². The van der Waals surface area contributed by atoms with Gasteiger partial charge in [0.1, 0.15) is 11.5 Å². The summed E-state index contributed by atoms with van der Waals surface area (Å²) in [6, 6.07) is 2.05. The molecule has 0 aromatic carbocycles. The third-order valence-corrected chi connectivity index (χ3v) is 2.38. The molecule has 0 aliphatic heterocycles. The maximum atomic E-state index is 5.57. The van der Waals surface area contributed by atoms with E-state index in [0.717, 1.165) is 43.1 Å². The highest BCUT2D eigenvalue weighted by molar-refractivity contribution is 5.19. The summed E-state index contributed by atoms with van der Waals surface area (Å²) in [4.78, 5) is 0. The topological polar surface area (TPSA) is 34.4 Å². The van der Waals surface area contributed by atoms with Crippen LogP contribution in [0.5, 0.6) is 0 Å². The number of ether oxygens (including phenoxy) is 1. The van der Waals surface area contributed by atoms with E-state index in [0.29, 0.717) is 6.61 Å². The van der Waals surface area contributed by atoms with Crippen molar-refractivity contribution in [3.8, 4) is 0 Å². The molecular weight excluding hydrogens is 202 g/mol. The minimum atomic E-state index is 0.635. The second kappa shape index (κ2) is 7.25. The van der Waals surface area contributed by atoms with Crippen LogP contribution in [-0.2, 0) is 17.9 Å². The first-order valence-corrected chi connectivity index (χ1v) is 5.69. The van der Waals surface area contributed by atoms with Gasteiger partial charge >= 0.3 is 0 Å². The van der Waals surface area contributed by atoms with Crippen LogP contribution in [0.25, 0.3) is 0 Å². The van der Waals surface area contributed by atoms with E-state index in [1.165, 1.54) is 0 Å². The van der Waals surface area contributed by atoms with Crippen LogP contribution in [0.3, 0.4) is 0 Å². The molecule has 0 saturated heterocycles. The molecule has 1 N–H and O–H groups in total. The lowest BCUT2D eigenvalue weighted by molar-refractivity contribution is 0.118. The van der Waals surface area contributed by atoms with Crippen molar-refractivity contribution >= 4 is 0 Å². The maximum Gasteiger partial charge on any atom is 0.118 e. The Morgan fingerprint density at radius 1 is 1.56 bits per heavy atom. The Labute approximate surface area is 97.5 Å². The zero-order chi connectivity index (χ0) is 11.8. The number of rotatable bonds is 8. The predicted octanol–water partition coefficient (Wildman–Crippen LogP) is 2.79. The maximum absolute atomic E-state index is 5.57. The van der Waals surface area contributed by atoms with Gasteiger partial charge in [0.2, 0.25) is 0 Å². The average Bonchev–Trinajstić information content (AvgIpc) is 2.60. The first kappa shape index (κ1) is 13.0. The van der Waals surface area contributed by atoms with Gasteiger partial charge in [-0.05, 0) is 32.9 Å². The van der Waals surface area contributed by atoms with Gasteiger partial charge in [-0.15, -0.1) is 6.58 Å². The highest BCUT2D eigenvalue weighted by Gasteiger charge is 2.06. The van der Waals surface area contributed by atoms with E-state index in [1.54, 1.807) is 0 Å². The largest absolute Gasteiger partial charge is 0.465 e. The number of hydrogen-bond acceptors (Lipinski definition) is 3. The molecular formula is C13H21NO2. The molecule has 1 heterocycles. The molecule has 16 heavy (non-hydrogen) atoms. The molecule has 0 aliphatic carbocycles. The quantitative estimate of drug-likeness (QED) is 0.543. The number of hydrogen-bond donors (Lipinski definition) is 1. The molecule has 0 unspecified atom stereocenters. The first-order valence-electron chi connectivity index (χ1n) is 5.69. The van der Waals surface area contributed by atoms with Gasteiger partial charge in [-0.2, -0.15) is 0 Å². The van der Waals surface area contributed by atoms with Crippen molar-refractivity contribution in [2.45, 2.75) is 32.9 Å². The lowest BCUT2D eigenvalue weighted by Gasteiger charge is -2.01. The fourth-order valence-electron chi connectivity index (χ4n) is 1.50. The average molecular weight is 223 g/mol. The number of furan rings is 1. The summed E-state index contributed by atoms with van der Waals surface area (Å²) < 4.78 is 11.1. The Morgan fingerprint density at radius 2 is 2.38 bits per heavy atom. The lowest BCUT2D eigenvalue weighted by atomic mass is 10.2. The molecule has 1 aromatic rings. The summed E-state index contributed by atoms with van der Waals surface area (Å²) in [7, 11) is 1.91. The summed E-state index contributed by atoms with van der Waals surface area (Å²) >= 11 is 0. The molecule has 0 aliphatic rings. The van der Waals surface area contributed by atoms with Crippen molar-refractivity contribution in [1.82, 2.24) is 5.32 Å². The van der Waals surface area contributed by atoms with Gasteiger partial charge < -0.3 is 14.5 Å². The molecule has 0 atom stereocenters. The standard InChI is InChI=1S/C13H21NO2/c1-4-5-6-7-15-10-12-8-13(9-14-3)16-11(12)2/h4,8,14H,1,5-7,9-10H2,2-3H3. The molecule has 90 valence electrons. The molecule has 0 amide bonds. The van der Waals surface area contributed by atoms with E-state index >= 15 is 0 Å². The molecule has 1 aromatic heterocycles. The van der Waals surface area contributed by atoms with E-state index in [4.69, 9.17) is 9.15 Å². The molecule has 3 heteroatoms. The van der Waals surface area contributed by atoms with Gasteiger partial charge in [-0.25, -0.2) is 0 Å². The van der Waals surface area contributed by atoms with Crippen molar-refractivity contribution < 1.29 is 9.15 Å². The molecule has 0 radical (unpaired) electrons. The normalized spacial score (nSPS) is 10.6.